The van der Waals surface area contributed by atoms with Crippen LogP contribution in [0.5, 0.6) is 0 Å². The predicted octanol–water partition coefficient (Wildman–Crippen LogP) is 3.38. The summed E-state index contributed by atoms with van der Waals surface area (Å²) >= 11 is 0. The molecule has 0 bridgehead atoms. The van der Waals surface area contributed by atoms with Gasteiger partial charge in [-0.3, -0.25) is 4.79 Å². The van der Waals surface area contributed by atoms with Gasteiger partial charge >= 0.3 is 0 Å². The Morgan fingerprint density at radius 2 is 1.81 bits per heavy atom. The van der Waals surface area contributed by atoms with Gasteiger partial charge in [0.1, 0.15) is 24.5 Å². The zero-order chi connectivity index (χ0) is 17.8. The highest BCUT2D eigenvalue weighted by Gasteiger charge is 2.20. The molecule has 26 heavy (non-hydrogen) atoms. The normalized spacial score (nSPS) is 11.8. The van der Waals surface area contributed by atoms with E-state index in [9.17, 15) is 4.79 Å². The molecule has 2 aromatic carbocycles. The Bertz CT molecular complexity index is 963. The van der Waals surface area contributed by atoms with Gasteiger partial charge < -0.3 is 9.73 Å². The lowest BCUT2D eigenvalue weighted by Gasteiger charge is -2.17. The molecule has 6 heteroatoms. The predicted molar refractivity (Wildman–Crippen MR) is 95.8 cm³/mol. The molecule has 0 saturated carbocycles. The Morgan fingerprint density at radius 1 is 1.00 bits per heavy atom. The van der Waals surface area contributed by atoms with Gasteiger partial charge in [-0.05, 0) is 42.0 Å². The van der Waals surface area contributed by atoms with E-state index in [0.717, 1.165) is 11.3 Å². The molecular weight excluding hydrogens is 328 g/mol. The number of rotatable bonds is 5. The van der Waals surface area contributed by atoms with E-state index in [1.165, 1.54) is 6.33 Å². The van der Waals surface area contributed by atoms with Crippen LogP contribution >= 0.6 is 0 Å². The number of carbonyl (C=O) groups is 1. The highest BCUT2D eigenvalue weighted by atomic mass is 16.3. The van der Waals surface area contributed by atoms with Gasteiger partial charge in [-0.2, -0.15) is 5.10 Å². The fourth-order valence-corrected chi connectivity index (χ4v) is 2.74. The first-order valence-electron chi connectivity index (χ1n) is 8.15. The third-order valence-corrected chi connectivity index (χ3v) is 4.05. The van der Waals surface area contributed by atoms with E-state index in [4.69, 9.17) is 4.42 Å². The summed E-state index contributed by atoms with van der Waals surface area (Å²) < 4.78 is 7.16. The number of benzene rings is 2. The van der Waals surface area contributed by atoms with Gasteiger partial charge in [-0.15, -0.1) is 0 Å². The minimum Gasteiger partial charge on any atom is -0.467 e. The van der Waals surface area contributed by atoms with Crippen molar-refractivity contribution >= 4 is 5.91 Å². The minimum absolute atomic E-state index is 0.180. The fourth-order valence-electron chi connectivity index (χ4n) is 2.74. The largest absolute Gasteiger partial charge is 0.467 e. The molecule has 1 amide bonds. The van der Waals surface area contributed by atoms with E-state index in [-0.39, 0.29) is 11.9 Å². The Balaban J connectivity index is 1.57. The first kappa shape index (κ1) is 15.8. The lowest BCUT2D eigenvalue weighted by molar-refractivity contribution is 0.0939. The molecule has 4 aromatic rings. The second kappa shape index (κ2) is 7.06. The summed E-state index contributed by atoms with van der Waals surface area (Å²) in [4.78, 5) is 16.7. The molecule has 2 aromatic heterocycles. The van der Waals surface area contributed by atoms with Gasteiger partial charge in [0.25, 0.3) is 5.91 Å². The standard InChI is InChI=1S/C20H16N4O2/c25-20(16-8-10-17(11-9-16)24-14-21-13-22-24)23-19(18-7-4-12-26-18)15-5-2-1-3-6-15/h1-14,19H,(H,23,25). The van der Waals surface area contributed by atoms with Gasteiger partial charge in [0.15, 0.2) is 0 Å². The number of nitrogens with one attached hydrogen (secondary N) is 1. The van der Waals surface area contributed by atoms with Crippen LogP contribution in [0.2, 0.25) is 0 Å². The van der Waals surface area contributed by atoms with Crippen LogP contribution in [-0.4, -0.2) is 20.7 Å². The van der Waals surface area contributed by atoms with E-state index in [2.05, 4.69) is 15.4 Å². The molecule has 2 heterocycles. The van der Waals surface area contributed by atoms with Crippen LogP contribution in [0.15, 0.2) is 90.1 Å². The Hall–Kier alpha value is -3.67. The first-order chi connectivity index (χ1) is 12.8. The molecule has 1 unspecified atom stereocenters. The Labute approximate surface area is 150 Å². The van der Waals surface area contributed by atoms with Crippen molar-refractivity contribution in [2.24, 2.45) is 0 Å². The highest BCUT2D eigenvalue weighted by Crippen LogP contribution is 2.23. The first-order valence-corrected chi connectivity index (χ1v) is 8.15. The van der Waals surface area contributed by atoms with Crippen molar-refractivity contribution in [2.75, 3.05) is 0 Å². The molecule has 1 N–H and O–H groups in total. The number of hydrogen-bond acceptors (Lipinski definition) is 4. The third kappa shape index (κ3) is 3.25. The summed E-state index contributed by atoms with van der Waals surface area (Å²) in [6, 6.07) is 20.2. The molecule has 0 spiro atoms. The number of hydrogen-bond donors (Lipinski definition) is 1. The maximum atomic E-state index is 12.7. The number of carbonyl (C=O) groups excluding carboxylic acids is 1. The maximum absolute atomic E-state index is 12.7. The molecule has 0 aliphatic heterocycles. The quantitative estimate of drug-likeness (QED) is 0.602. The van der Waals surface area contributed by atoms with Crippen LogP contribution < -0.4 is 5.32 Å². The van der Waals surface area contributed by atoms with E-state index in [1.807, 2.05) is 54.6 Å². The lowest BCUT2D eigenvalue weighted by Crippen LogP contribution is -2.29. The lowest BCUT2D eigenvalue weighted by atomic mass is 10.0. The van der Waals surface area contributed by atoms with Crippen molar-refractivity contribution in [3.63, 3.8) is 0 Å². The number of nitrogens with zero attached hydrogens (tertiary/aromatic N) is 3. The Morgan fingerprint density at radius 3 is 2.46 bits per heavy atom. The topological polar surface area (TPSA) is 73.0 Å². The molecule has 128 valence electrons. The second-order valence-corrected chi connectivity index (χ2v) is 5.72. The van der Waals surface area contributed by atoms with Crippen LogP contribution in [-0.2, 0) is 0 Å². The minimum atomic E-state index is -0.353. The third-order valence-electron chi connectivity index (χ3n) is 4.05. The van der Waals surface area contributed by atoms with Crippen LogP contribution in [0, 0.1) is 0 Å². The van der Waals surface area contributed by atoms with Crippen molar-refractivity contribution in [3.05, 3.63) is 103 Å². The van der Waals surface area contributed by atoms with Crippen LogP contribution in [0.1, 0.15) is 27.7 Å². The van der Waals surface area contributed by atoms with Gasteiger partial charge in [0, 0.05) is 5.56 Å². The number of amides is 1. The summed E-state index contributed by atoms with van der Waals surface area (Å²) in [6.07, 6.45) is 4.68. The molecule has 0 fully saturated rings. The average molecular weight is 344 g/mol. The van der Waals surface area contributed by atoms with Crippen LogP contribution in [0.25, 0.3) is 5.69 Å². The zero-order valence-electron chi connectivity index (χ0n) is 13.8. The SMILES string of the molecule is O=C(NC(c1ccccc1)c1ccco1)c1ccc(-n2cncn2)cc1. The van der Waals surface area contributed by atoms with Crippen molar-refractivity contribution in [1.29, 1.82) is 0 Å². The Kier molecular flexibility index (Phi) is 4.30. The maximum Gasteiger partial charge on any atom is 0.252 e. The van der Waals surface area contributed by atoms with E-state index >= 15 is 0 Å². The monoisotopic (exact) mass is 344 g/mol. The van der Waals surface area contributed by atoms with E-state index in [0.29, 0.717) is 11.3 Å². The molecule has 1 atom stereocenters. The van der Waals surface area contributed by atoms with Gasteiger partial charge in [0.2, 0.25) is 0 Å². The molecule has 0 saturated heterocycles. The van der Waals surface area contributed by atoms with Gasteiger partial charge in [-0.1, -0.05) is 30.3 Å². The molecule has 4 rings (SSSR count). The van der Waals surface area contributed by atoms with Crippen LogP contribution in [0.3, 0.4) is 0 Å². The van der Waals surface area contributed by atoms with E-state index < -0.39 is 0 Å². The van der Waals surface area contributed by atoms with Gasteiger partial charge in [0.05, 0.1) is 12.0 Å². The smallest absolute Gasteiger partial charge is 0.252 e. The molecule has 6 nitrogen and oxygen atoms in total. The number of aromatic nitrogens is 3. The second-order valence-electron chi connectivity index (χ2n) is 5.72. The summed E-state index contributed by atoms with van der Waals surface area (Å²) in [6.45, 7) is 0. The van der Waals surface area contributed by atoms with Crippen molar-refractivity contribution in [2.45, 2.75) is 6.04 Å². The molecule has 0 aliphatic rings. The molecule has 0 aliphatic carbocycles. The van der Waals surface area contributed by atoms with Gasteiger partial charge in [-0.25, -0.2) is 9.67 Å². The fraction of sp³-hybridized carbons (Fsp3) is 0.0500. The van der Waals surface area contributed by atoms with Crippen molar-refractivity contribution < 1.29 is 9.21 Å². The summed E-state index contributed by atoms with van der Waals surface area (Å²) in [5.74, 6) is 0.504. The van der Waals surface area contributed by atoms with Crippen molar-refractivity contribution in [3.8, 4) is 5.69 Å². The molecular formula is C20H16N4O2. The summed E-state index contributed by atoms with van der Waals surface area (Å²) in [7, 11) is 0. The molecule has 0 radical (unpaired) electrons. The van der Waals surface area contributed by atoms with Crippen molar-refractivity contribution in [1.82, 2.24) is 20.1 Å². The van der Waals surface area contributed by atoms with E-state index in [1.54, 1.807) is 29.4 Å². The highest BCUT2D eigenvalue weighted by molar-refractivity contribution is 5.94. The summed E-state index contributed by atoms with van der Waals surface area (Å²) in [5.41, 5.74) is 2.35. The summed E-state index contributed by atoms with van der Waals surface area (Å²) in [5, 5.41) is 7.11. The zero-order valence-corrected chi connectivity index (χ0v) is 13.8. The number of furan rings is 1. The average Bonchev–Trinajstić information content (AvgIpc) is 3.41. The van der Waals surface area contributed by atoms with Crippen LogP contribution in [0.4, 0.5) is 0 Å².